The van der Waals surface area contributed by atoms with E-state index in [4.69, 9.17) is 31.4 Å². The number of fused-ring (bicyclic) bond motifs is 1. The van der Waals surface area contributed by atoms with E-state index >= 15 is 0 Å². The number of aliphatic carboxylic acids is 2. The molecule has 0 radical (unpaired) electrons. The van der Waals surface area contributed by atoms with Gasteiger partial charge in [-0.1, -0.05) is 11.6 Å². The predicted molar refractivity (Wildman–Crippen MR) is 109 cm³/mol. The summed E-state index contributed by atoms with van der Waals surface area (Å²) in [5.41, 5.74) is 1.70. The maximum Gasteiger partial charge on any atom is 0.490 e. The quantitative estimate of drug-likeness (QED) is 0.371. The highest BCUT2D eigenvalue weighted by Gasteiger charge is 2.38. The van der Waals surface area contributed by atoms with Crippen LogP contribution in [0.15, 0.2) is 16.9 Å². The molecule has 1 aliphatic rings. The van der Waals surface area contributed by atoms with Crippen molar-refractivity contribution in [1.29, 1.82) is 5.26 Å². The van der Waals surface area contributed by atoms with Gasteiger partial charge < -0.3 is 25.0 Å². The van der Waals surface area contributed by atoms with E-state index in [9.17, 15) is 36.4 Å². The first-order valence-electron chi connectivity index (χ1n) is 9.17. The summed E-state index contributed by atoms with van der Waals surface area (Å²) in [5.74, 6) is -5.51. The van der Waals surface area contributed by atoms with E-state index in [1.54, 1.807) is 19.2 Å². The van der Waals surface area contributed by atoms with Crippen LogP contribution in [0.4, 0.5) is 32.0 Å². The van der Waals surface area contributed by atoms with E-state index in [1.165, 1.54) is 4.57 Å². The number of nitriles is 1. The summed E-state index contributed by atoms with van der Waals surface area (Å²) >= 11 is 6.00. The van der Waals surface area contributed by atoms with Gasteiger partial charge in [0.25, 0.3) is 5.56 Å². The number of hydrogen-bond donors (Lipinski definition) is 3. The number of aromatic nitrogens is 2. The Morgan fingerprint density at radius 1 is 1.09 bits per heavy atom. The smallest absolute Gasteiger partial charge is 0.475 e. The highest BCUT2D eigenvalue weighted by Crippen LogP contribution is 2.28. The lowest BCUT2D eigenvalue weighted by Crippen LogP contribution is -2.44. The number of carboxylic acid groups (broad SMARTS) is 2. The molecule has 17 heteroatoms. The van der Waals surface area contributed by atoms with Crippen molar-refractivity contribution in [1.82, 2.24) is 14.9 Å². The average molecular weight is 532 g/mol. The van der Waals surface area contributed by atoms with Crippen molar-refractivity contribution < 1.29 is 46.1 Å². The molecule has 0 unspecified atom stereocenters. The van der Waals surface area contributed by atoms with Gasteiger partial charge in [-0.15, -0.1) is 0 Å². The fraction of sp³-hybridized carbons (Fsp3) is 0.389. The molecule has 2 aromatic rings. The molecule has 1 fully saturated rings. The number of pyridine rings is 2. The molecule has 3 N–H and O–H groups in total. The van der Waals surface area contributed by atoms with Gasteiger partial charge in [-0.25, -0.2) is 14.6 Å². The highest BCUT2D eigenvalue weighted by atomic mass is 35.5. The Bertz CT molecular complexity index is 1160. The van der Waals surface area contributed by atoms with Crippen molar-refractivity contribution in [2.75, 3.05) is 31.1 Å². The van der Waals surface area contributed by atoms with Crippen LogP contribution in [0.5, 0.6) is 0 Å². The molecule has 0 amide bonds. The second-order valence-corrected chi connectivity index (χ2v) is 6.93. The van der Waals surface area contributed by atoms with Crippen LogP contribution in [0.1, 0.15) is 5.56 Å². The van der Waals surface area contributed by atoms with E-state index in [-0.39, 0.29) is 11.1 Å². The lowest BCUT2D eigenvalue weighted by molar-refractivity contribution is -0.193. The fourth-order valence-electron chi connectivity index (χ4n) is 2.67. The number of piperazine rings is 1. The number of halogens is 7. The Morgan fingerprint density at radius 3 is 1.94 bits per heavy atom. The summed E-state index contributed by atoms with van der Waals surface area (Å²) in [6, 6.07) is 5.45. The Hall–Kier alpha value is -3.58. The Kier molecular flexibility index (Phi) is 9.85. The minimum absolute atomic E-state index is 0.127. The molecular weight excluding hydrogens is 516 g/mol. The molecule has 192 valence electrons. The van der Waals surface area contributed by atoms with E-state index in [2.05, 4.69) is 10.3 Å². The average Bonchev–Trinajstić information content (AvgIpc) is 2.76. The SMILES string of the molecule is Cn1c(=O)c(C#N)c(N2CCNCC2)c2nc(Cl)ccc21.O=C(O)C(F)(F)F.O=C(O)C(F)(F)F. The number of aryl methyl sites for hydroxylation is 1. The molecule has 0 aliphatic carbocycles. The minimum Gasteiger partial charge on any atom is -0.475 e. The molecule has 0 saturated carbocycles. The molecule has 3 heterocycles. The van der Waals surface area contributed by atoms with Crippen molar-refractivity contribution in [3.8, 4) is 6.07 Å². The molecule has 35 heavy (non-hydrogen) atoms. The fourth-order valence-corrected chi connectivity index (χ4v) is 2.81. The molecule has 1 saturated heterocycles. The van der Waals surface area contributed by atoms with Crippen LogP contribution in [-0.4, -0.2) is 70.2 Å². The normalized spacial score (nSPS) is 13.6. The highest BCUT2D eigenvalue weighted by molar-refractivity contribution is 6.29. The molecule has 10 nitrogen and oxygen atoms in total. The Labute approximate surface area is 196 Å². The first-order valence-corrected chi connectivity index (χ1v) is 9.55. The summed E-state index contributed by atoms with van der Waals surface area (Å²) in [6.45, 7) is 3.07. The lowest BCUT2D eigenvalue weighted by atomic mass is 10.1. The topological polar surface area (TPSA) is 149 Å². The van der Waals surface area contributed by atoms with Crippen molar-refractivity contribution in [2.24, 2.45) is 7.05 Å². The molecule has 0 spiro atoms. The summed E-state index contributed by atoms with van der Waals surface area (Å²) in [7, 11) is 1.64. The number of nitrogens with one attached hydrogen (secondary N) is 1. The van der Waals surface area contributed by atoms with Gasteiger partial charge in [0, 0.05) is 33.2 Å². The van der Waals surface area contributed by atoms with Gasteiger partial charge in [-0.2, -0.15) is 31.6 Å². The zero-order chi connectivity index (χ0) is 27.1. The number of rotatable bonds is 1. The summed E-state index contributed by atoms with van der Waals surface area (Å²) in [4.78, 5) is 36.6. The zero-order valence-electron chi connectivity index (χ0n) is 17.5. The second kappa shape index (κ2) is 11.7. The first-order chi connectivity index (χ1) is 16.0. The van der Waals surface area contributed by atoms with Crippen LogP contribution < -0.4 is 15.8 Å². The maximum absolute atomic E-state index is 12.4. The maximum atomic E-state index is 12.4. The number of hydrogen-bond acceptors (Lipinski definition) is 7. The minimum atomic E-state index is -5.08. The van der Waals surface area contributed by atoms with Crippen LogP contribution in [-0.2, 0) is 16.6 Å². The van der Waals surface area contributed by atoms with Crippen molar-refractivity contribution >= 4 is 40.3 Å². The molecule has 2 aromatic heterocycles. The van der Waals surface area contributed by atoms with Gasteiger partial charge in [-0.05, 0) is 12.1 Å². The van der Waals surface area contributed by atoms with Crippen molar-refractivity contribution in [2.45, 2.75) is 12.4 Å². The van der Waals surface area contributed by atoms with Crippen LogP contribution >= 0.6 is 11.6 Å². The summed E-state index contributed by atoms with van der Waals surface area (Å²) in [5, 5.41) is 27.3. The summed E-state index contributed by atoms with van der Waals surface area (Å²) in [6.07, 6.45) is -10.2. The Balaban J connectivity index is 0.000000362. The lowest BCUT2D eigenvalue weighted by Gasteiger charge is -2.30. The second-order valence-electron chi connectivity index (χ2n) is 6.54. The standard InChI is InChI=1S/C14H14ClN5O.2C2HF3O2/c1-19-10-2-3-11(15)18-12(10)13(9(8-16)14(19)21)20-6-4-17-5-7-20;2*3-2(4,5)1(6)7/h2-3,17H,4-7H2,1H3;2*(H,6,7). The van der Waals surface area contributed by atoms with Crippen LogP contribution in [0.2, 0.25) is 5.15 Å². The molecule has 0 aromatic carbocycles. The number of carboxylic acids is 2. The van der Waals surface area contributed by atoms with Crippen molar-refractivity contribution in [3.63, 3.8) is 0 Å². The molecule has 3 rings (SSSR count). The largest absolute Gasteiger partial charge is 0.490 e. The van der Waals surface area contributed by atoms with E-state index in [0.29, 0.717) is 21.9 Å². The third-order valence-electron chi connectivity index (χ3n) is 4.21. The van der Waals surface area contributed by atoms with Crippen molar-refractivity contribution in [3.05, 3.63) is 33.2 Å². The molecule has 0 bridgehead atoms. The third kappa shape index (κ3) is 8.00. The molecular formula is C18H16ClF6N5O5. The van der Waals surface area contributed by atoms with E-state index < -0.39 is 24.3 Å². The number of carbonyl (C=O) groups is 2. The van der Waals surface area contributed by atoms with Gasteiger partial charge in [0.15, 0.2) is 0 Å². The van der Waals surface area contributed by atoms with Gasteiger partial charge in [-0.3, -0.25) is 4.79 Å². The number of nitrogens with zero attached hydrogens (tertiary/aromatic N) is 4. The van der Waals surface area contributed by atoms with Crippen LogP contribution in [0.25, 0.3) is 11.0 Å². The monoisotopic (exact) mass is 531 g/mol. The van der Waals surface area contributed by atoms with E-state index in [1.807, 2.05) is 11.0 Å². The molecule has 1 aliphatic heterocycles. The van der Waals surface area contributed by atoms with Crippen LogP contribution in [0.3, 0.4) is 0 Å². The summed E-state index contributed by atoms with van der Waals surface area (Å²) < 4.78 is 64.9. The Morgan fingerprint density at radius 2 is 1.54 bits per heavy atom. The van der Waals surface area contributed by atoms with Gasteiger partial charge in [0.2, 0.25) is 0 Å². The van der Waals surface area contributed by atoms with Crippen LogP contribution in [0, 0.1) is 11.3 Å². The number of anilines is 1. The predicted octanol–water partition coefficient (Wildman–Crippen LogP) is 2.13. The van der Waals surface area contributed by atoms with Gasteiger partial charge in [0.1, 0.15) is 22.3 Å². The zero-order valence-corrected chi connectivity index (χ0v) is 18.3. The third-order valence-corrected chi connectivity index (χ3v) is 4.42. The first kappa shape index (κ1) is 29.5. The van der Waals surface area contributed by atoms with E-state index in [0.717, 1.165) is 26.2 Å². The van der Waals surface area contributed by atoms with Gasteiger partial charge >= 0.3 is 24.3 Å². The van der Waals surface area contributed by atoms with Gasteiger partial charge in [0.05, 0.1) is 11.2 Å². The molecule has 0 atom stereocenters. The number of alkyl halides is 6.